The molecule has 2 aromatic rings. The van der Waals surface area contributed by atoms with E-state index in [0.717, 1.165) is 24.7 Å². The van der Waals surface area contributed by atoms with Gasteiger partial charge in [0.2, 0.25) is 0 Å². The maximum absolute atomic E-state index is 5.54. The molecule has 3 heteroatoms. The Kier molecular flexibility index (Phi) is 2.92. The molecule has 2 heterocycles. The van der Waals surface area contributed by atoms with Gasteiger partial charge in [-0.05, 0) is 30.2 Å². The van der Waals surface area contributed by atoms with Crippen molar-refractivity contribution in [3.63, 3.8) is 0 Å². The molecule has 1 atom stereocenters. The van der Waals surface area contributed by atoms with Gasteiger partial charge in [-0.3, -0.25) is 4.99 Å². The molecule has 0 aliphatic carbocycles. The van der Waals surface area contributed by atoms with Crippen LogP contribution in [0, 0.1) is 0 Å². The summed E-state index contributed by atoms with van der Waals surface area (Å²) in [5.41, 5.74) is 3.95. The summed E-state index contributed by atoms with van der Waals surface area (Å²) in [5, 5.41) is 0. The Hall–Kier alpha value is -2.29. The molecule has 2 aliphatic rings. The average Bonchev–Trinajstić information content (AvgIpc) is 3.09. The van der Waals surface area contributed by atoms with Gasteiger partial charge in [-0.1, -0.05) is 36.4 Å². The molecule has 0 amide bonds. The molecule has 21 heavy (non-hydrogen) atoms. The van der Waals surface area contributed by atoms with E-state index >= 15 is 0 Å². The predicted molar refractivity (Wildman–Crippen MR) is 84.0 cm³/mol. The predicted octanol–water partition coefficient (Wildman–Crippen LogP) is 3.25. The fourth-order valence-corrected chi connectivity index (χ4v) is 3.33. The third-order valence-corrected chi connectivity index (χ3v) is 4.19. The number of hydrogen-bond donors (Lipinski definition) is 0. The topological polar surface area (TPSA) is 24.8 Å². The summed E-state index contributed by atoms with van der Waals surface area (Å²) in [4.78, 5) is 7.10. The van der Waals surface area contributed by atoms with E-state index in [1.807, 2.05) is 6.92 Å². The monoisotopic (exact) mass is 278 g/mol. The number of fused-ring (bicyclic) bond motifs is 3. The quantitative estimate of drug-likeness (QED) is 0.861. The minimum atomic E-state index is 0.290. The fraction of sp³-hybridized carbons (Fsp3) is 0.278. The van der Waals surface area contributed by atoms with E-state index < -0.39 is 0 Å². The van der Waals surface area contributed by atoms with Gasteiger partial charge in [-0.25, -0.2) is 0 Å². The second-order valence-electron chi connectivity index (χ2n) is 5.39. The minimum Gasteiger partial charge on any atom is -0.494 e. The molecule has 2 aliphatic heterocycles. The first-order valence-corrected chi connectivity index (χ1v) is 7.51. The molecular weight excluding hydrogens is 260 g/mol. The van der Waals surface area contributed by atoms with Crippen LogP contribution in [0.15, 0.2) is 53.5 Å². The second-order valence-corrected chi connectivity index (χ2v) is 5.39. The molecule has 4 rings (SSSR count). The molecule has 0 radical (unpaired) electrons. The molecule has 0 saturated heterocycles. The molecule has 3 nitrogen and oxygen atoms in total. The summed E-state index contributed by atoms with van der Waals surface area (Å²) < 4.78 is 5.54. The third kappa shape index (κ3) is 1.92. The number of benzene rings is 2. The second kappa shape index (κ2) is 4.92. The first-order chi connectivity index (χ1) is 10.4. The molecule has 0 aromatic heterocycles. The van der Waals surface area contributed by atoms with Crippen LogP contribution in [0.2, 0.25) is 0 Å². The number of rotatable bonds is 3. The van der Waals surface area contributed by atoms with Gasteiger partial charge in [0.15, 0.2) is 0 Å². The van der Waals surface area contributed by atoms with E-state index in [4.69, 9.17) is 4.74 Å². The van der Waals surface area contributed by atoms with E-state index in [0.29, 0.717) is 6.61 Å². The highest BCUT2D eigenvalue weighted by atomic mass is 16.5. The fourth-order valence-electron chi connectivity index (χ4n) is 3.33. The number of hydrogen-bond acceptors (Lipinski definition) is 3. The van der Waals surface area contributed by atoms with Crippen LogP contribution in [0.1, 0.15) is 29.7 Å². The van der Waals surface area contributed by atoms with Crippen LogP contribution in [0.4, 0.5) is 0 Å². The standard InChI is InChI=1S/C18H18N2O/c1-2-21-14-9-7-13(8-10-14)17-15-5-3-4-6-16(15)18-19-11-12-20(17)18/h3-10,17H,2,11-12H2,1H3. The van der Waals surface area contributed by atoms with E-state index in [9.17, 15) is 0 Å². The zero-order valence-corrected chi connectivity index (χ0v) is 12.1. The third-order valence-electron chi connectivity index (χ3n) is 4.19. The van der Waals surface area contributed by atoms with Crippen LogP contribution in [-0.4, -0.2) is 30.4 Å². The van der Waals surface area contributed by atoms with Crippen LogP contribution in [0.5, 0.6) is 5.75 Å². The molecule has 0 saturated carbocycles. The summed E-state index contributed by atoms with van der Waals surface area (Å²) >= 11 is 0. The van der Waals surface area contributed by atoms with Gasteiger partial charge in [0.05, 0.1) is 19.2 Å². The van der Waals surface area contributed by atoms with Crippen LogP contribution < -0.4 is 4.74 Å². The van der Waals surface area contributed by atoms with Crippen molar-refractivity contribution in [3.05, 3.63) is 65.2 Å². The van der Waals surface area contributed by atoms with Gasteiger partial charge in [0.25, 0.3) is 0 Å². The van der Waals surface area contributed by atoms with Crippen molar-refractivity contribution in [1.82, 2.24) is 4.90 Å². The van der Waals surface area contributed by atoms with E-state index in [2.05, 4.69) is 58.4 Å². The van der Waals surface area contributed by atoms with Crippen molar-refractivity contribution in [2.45, 2.75) is 13.0 Å². The number of aliphatic imine (C=N–C) groups is 1. The molecule has 0 bridgehead atoms. The van der Waals surface area contributed by atoms with Gasteiger partial charge in [-0.15, -0.1) is 0 Å². The van der Waals surface area contributed by atoms with Crippen LogP contribution in [-0.2, 0) is 0 Å². The van der Waals surface area contributed by atoms with Gasteiger partial charge >= 0.3 is 0 Å². The van der Waals surface area contributed by atoms with Gasteiger partial charge in [0.1, 0.15) is 11.6 Å². The van der Waals surface area contributed by atoms with Crippen molar-refractivity contribution in [3.8, 4) is 5.75 Å². The first-order valence-electron chi connectivity index (χ1n) is 7.51. The van der Waals surface area contributed by atoms with Crippen molar-refractivity contribution in [2.75, 3.05) is 19.7 Å². The normalized spacial score (nSPS) is 19.2. The molecule has 0 fully saturated rings. The Morgan fingerprint density at radius 3 is 2.76 bits per heavy atom. The highest BCUT2D eigenvalue weighted by Crippen LogP contribution is 2.40. The summed E-state index contributed by atoms with van der Waals surface area (Å²) in [7, 11) is 0. The van der Waals surface area contributed by atoms with Crippen molar-refractivity contribution >= 4 is 5.84 Å². The Morgan fingerprint density at radius 2 is 1.95 bits per heavy atom. The maximum Gasteiger partial charge on any atom is 0.132 e. The number of amidine groups is 1. The summed E-state index contributed by atoms with van der Waals surface area (Å²) in [5.74, 6) is 2.09. The lowest BCUT2D eigenvalue weighted by Crippen LogP contribution is -2.26. The summed E-state index contributed by atoms with van der Waals surface area (Å²) in [6.07, 6.45) is 0. The SMILES string of the molecule is CCOc1ccc(C2c3ccccc3C3=NCCN32)cc1. The van der Waals surface area contributed by atoms with E-state index in [1.165, 1.54) is 16.7 Å². The van der Waals surface area contributed by atoms with Crippen molar-refractivity contribution in [1.29, 1.82) is 0 Å². The Bertz CT molecular complexity index is 691. The molecule has 1 unspecified atom stereocenters. The van der Waals surface area contributed by atoms with Crippen LogP contribution >= 0.6 is 0 Å². The molecule has 2 aromatic carbocycles. The Morgan fingerprint density at radius 1 is 1.14 bits per heavy atom. The smallest absolute Gasteiger partial charge is 0.132 e. The molecule has 0 spiro atoms. The van der Waals surface area contributed by atoms with Crippen LogP contribution in [0.3, 0.4) is 0 Å². The maximum atomic E-state index is 5.54. The van der Waals surface area contributed by atoms with Gasteiger partial charge < -0.3 is 9.64 Å². The highest BCUT2D eigenvalue weighted by molar-refractivity contribution is 6.04. The zero-order valence-electron chi connectivity index (χ0n) is 12.1. The lowest BCUT2D eigenvalue weighted by molar-refractivity contribution is 0.339. The molecular formula is C18H18N2O. The largest absolute Gasteiger partial charge is 0.494 e. The first kappa shape index (κ1) is 12.5. The zero-order chi connectivity index (χ0) is 14.2. The summed E-state index contributed by atoms with van der Waals surface area (Å²) in [6.45, 7) is 4.61. The van der Waals surface area contributed by atoms with Gasteiger partial charge in [-0.2, -0.15) is 0 Å². The minimum absolute atomic E-state index is 0.290. The van der Waals surface area contributed by atoms with E-state index in [1.54, 1.807) is 0 Å². The van der Waals surface area contributed by atoms with Crippen LogP contribution in [0.25, 0.3) is 0 Å². The molecule has 106 valence electrons. The lowest BCUT2D eigenvalue weighted by atomic mass is 9.97. The highest BCUT2D eigenvalue weighted by Gasteiger charge is 2.37. The Balaban J connectivity index is 1.76. The number of nitrogens with zero attached hydrogens (tertiary/aromatic N) is 2. The lowest BCUT2D eigenvalue weighted by Gasteiger charge is -2.24. The van der Waals surface area contributed by atoms with E-state index in [-0.39, 0.29) is 6.04 Å². The summed E-state index contributed by atoms with van der Waals surface area (Å²) in [6, 6.07) is 17.4. The number of ether oxygens (including phenoxy) is 1. The molecule has 0 N–H and O–H groups in total. The van der Waals surface area contributed by atoms with Gasteiger partial charge in [0, 0.05) is 12.1 Å². The van der Waals surface area contributed by atoms with Crippen molar-refractivity contribution < 1.29 is 4.74 Å². The van der Waals surface area contributed by atoms with Crippen molar-refractivity contribution in [2.24, 2.45) is 4.99 Å². The average molecular weight is 278 g/mol. The Labute approximate surface area is 124 Å².